The van der Waals surface area contributed by atoms with Gasteiger partial charge in [0.1, 0.15) is 11.5 Å². The molecule has 0 amide bonds. The van der Waals surface area contributed by atoms with Gasteiger partial charge in [-0.1, -0.05) is 0 Å². The third-order valence-corrected chi connectivity index (χ3v) is 2.35. The summed E-state index contributed by atoms with van der Waals surface area (Å²) in [5, 5.41) is 16.4. The van der Waals surface area contributed by atoms with Crippen LogP contribution in [0.3, 0.4) is 0 Å². The zero-order valence-corrected chi connectivity index (χ0v) is 9.64. The SMILES string of the molecule is CC(O)CCN(C)c1ccc(C(=N)N)nc1. The maximum atomic E-state index is 9.18. The highest BCUT2D eigenvalue weighted by Crippen LogP contribution is 2.11. The molecule has 0 aliphatic carbocycles. The van der Waals surface area contributed by atoms with Crippen molar-refractivity contribution >= 4 is 11.5 Å². The van der Waals surface area contributed by atoms with Crippen LogP contribution in [0.2, 0.25) is 0 Å². The quantitative estimate of drug-likeness (QED) is 0.502. The number of nitrogens with one attached hydrogen (secondary N) is 1. The van der Waals surface area contributed by atoms with Crippen molar-refractivity contribution in [3.63, 3.8) is 0 Å². The summed E-state index contributed by atoms with van der Waals surface area (Å²) in [6.45, 7) is 2.53. The first-order valence-corrected chi connectivity index (χ1v) is 5.20. The van der Waals surface area contributed by atoms with Crippen LogP contribution in [-0.4, -0.2) is 35.6 Å². The Kier molecular flexibility index (Phi) is 4.25. The monoisotopic (exact) mass is 222 g/mol. The van der Waals surface area contributed by atoms with Crippen molar-refractivity contribution in [1.29, 1.82) is 5.41 Å². The summed E-state index contributed by atoms with van der Waals surface area (Å²) in [5.41, 5.74) is 6.74. The third-order valence-electron chi connectivity index (χ3n) is 2.35. The lowest BCUT2D eigenvalue weighted by Crippen LogP contribution is -2.22. The number of nitrogen functional groups attached to an aromatic ring is 1. The van der Waals surface area contributed by atoms with Crippen LogP contribution in [0, 0.1) is 5.41 Å². The van der Waals surface area contributed by atoms with Gasteiger partial charge in [0.25, 0.3) is 0 Å². The van der Waals surface area contributed by atoms with E-state index in [4.69, 9.17) is 11.1 Å². The Balaban J connectivity index is 2.63. The minimum absolute atomic E-state index is 0.0295. The summed E-state index contributed by atoms with van der Waals surface area (Å²) in [5.74, 6) is -0.0295. The molecule has 0 fully saturated rings. The minimum atomic E-state index is -0.299. The highest BCUT2D eigenvalue weighted by atomic mass is 16.3. The molecule has 1 aromatic heterocycles. The fraction of sp³-hybridized carbons (Fsp3) is 0.455. The van der Waals surface area contributed by atoms with Gasteiger partial charge in [0.05, 0.1) is 18.0 Å². The van der Waals surface area contributed by atoms with Crippen LogP contribution >= 0.6 is 0 Å². The number of aliphatic hydroxyl groups excluding tert-OH is 1. The van der Waals surface area contributed by atoms with E-state index in [-0.39, 0.29) is 11.9 Å². The molecule has 0 spiro atoms. The summed E-state index contributed by atoms with van der Waals surface area (Å²) < 4.78 is 0. The summed E-state index contributed by atoms with van der Waals surface area (Å²) in [4.78, 5) is 6.08. The first-order valence-electron chi connectivity index (χ1n) is 5.20. The number of rotatable bonds is 5. The standard InChI is InChI=1S/C11H18N4O/c1-8(16)5-6-15(2)9-3-4-10(11(12)13)14-7-9/h3-4,7-8,16H,5-6H2,1-2H3,(H3,12,13). The normalized spacial score (nSPS) is 12.2. The number of aliphatic hydroxyl groups is 1. The zero-order valence-electron chi connectivity index (χ0n) is 9.64. The topological polar surface area (TPSA) is 86.2 Å². The van der Waals surface area contributed by atoms with Crippen LogP contribution in [0.15, 0.2) is 18.3 Å². The lowest BCUT2D eigenvalue weighted by Gasteiger charge is -2.19. The molecule has 1 unspecified atom stereocenters. The molecule has 1 rings (SSSR count). The molecule has 88 valence electrons. The van der Waals surface area contributed by atoms with E-state index in [1.807, 2.05) is 18.0 Å². The maximum Gasteiger partial charge on any atom is 0.141 e. The van der Waals surface area contributed by atoms with Crippen LogP contribution in [0.25, 0.3) is 0 Å². The molecule has 16 heavy (non-hydrogen) atoms. The smallest absolute Gasteiger partial charge is 0.141 e. The lowest BCUT2D eigenvalue weighted by molar-refractivity contribution is 0.187. The summed E-state index contributed by atoms with van der Waals surface area (Å²) >= 11 is 0. The van der Waals surface area contributed by atoms with E-state index in [9.17, 15) is 5.11 Å². The van der Waals surface area contributed by atoms with Gasteiger partial charge in [-0.3, -0.25) is 10.4 Å². The summed E-state index contributed by atoms with van der Waals surface area (Å²) in [6, 6.07) is 3.59. The van der Waals surface area contributed by atoms with Crippen molar-refractivity contribution in [3.05, 3.63) is 24.0 Å². The van der Waals surface area contributed by atoms with E-state index >= 15 is 0 Å². The van der Waals surface area contributed by atoms with Gasteiger partial charge in [0.15, 0.2) is 0 Å². The number of amidine groups is 1. The predicted molar refractivity (Wildman–Crippen MR) is 64.8 cm³/mol. The molecule has 0 saturated heterocycles. The molecule has 0 aliphatic heterocycles. The Labute approximate surface area is 95.4 Å². The van der Waals surface area contributed by atoms with Crippen molar-refractivity contribution in [3.8, 4) is 0 Å². The molecule has 1 heterocycles. The van der Waals surface area contributed by atoms with Crippen molar-refractivity contribution < 1.29 is 5.11 Å². The first kappa shape index (κ1) is 12.4. The van der Waals surface area contributed by atoms with Gasteiger partial charge in [0, 0.05) is 13.6 Å². The molecule has 0 bridgehead atoms. The number of aromatic nitrogens is 1. The van der Waals surface area contributed by atoms with Gasteiger partial charge in [-0.2, -0.15) is 0 Å². The first-order chi connectivity index (χ1) is 7.50. The molecular formula is C11H18N4O. The van der Waals surface area contributed by atoms with E-state index in [0.717, 1.165) is 12.2 Å². The van der Waals surface area contributed by atoms with Crippen molar-refractivity contribution in [2.24, 2.45) is 5.73 Å². The maximum absolute atomic E-state index is 9.18. The average molecular weight is 222 g/mol. The number of pyridine rings is 1. The van der Waals surface area contributed by atoms with Gasteiger partial charge in [-0.25, -0.2) is 0 Å². The molecule has 5 nitrogen and oxygen atoms in total. The predicted octanol–water partition coefficient (Wildman–Crippen LogP) is 0.573. The Bertz CT molecular complexity index is 348. The van der Waals surface area contributed by atoms with Gasteiger partial charge in [-0.05, 0) is 25.5 Å². The Morgan fingerprint density at radius 1 is 1.62 bits per heavy atom. The third kappa shape index (κ3) is 3.51. The number of nitrogens with two attached hydrogens (primary N) is 1. The van der Waals surface area contributed by atoms with Crippen molar-refractivity contribution in [2.45, 2.75) is 19.4 Å². The highest BCUT2D eigenvalue weighted by molar-refractivity contribution is 5.93. The number of nitrogens with zero attached hydrogens (tertiary/aromatic N) is 2. The Morgan fingerprint density at radius 2 is 2.31 bits per heavy atom. The average Bonchev–Trinajstić information content (AvgIpc) is 2.26. The van der Waals surface area contributed by atoms with Crippen molar-refractivity contribution in [1.82, 2.24) is 4.98 Å². The molecule has 4 N–H and O–H groups in total. The zero-order chi connectivity index (χ0) is 12.1. The van der Waals surface area contributed by atoms with Crippen LogP contribution < -0.4 is 10.6 Å². The number of hydrogen-bond donors (Lipinski definition) is 3. The van der Waals surface area contributed by atoms with Crippen molar-refractivity contribution in [2.75, 3.05) is 18.5 Å². The molecular weight excluding hydrogens is 204 g/mol. The van der Waals surface area contributed by atoms with Crippen LogP contribution in [-0.2, 0) is 0 Å². The number of hydrogen-bond acceptors (Lipinski definition) is 4. The second kappa shape index (κ2) is 5.46. The van der Waals surface area contributed by atoms with E-state index in [1.54, 1.807) is 19.2 Å². The van der Waals surface area contributed by atoms with E-state index in [0.29, 0.717) is 12.1 Å². The minimum Gasteiger partial charge on any atom is -0.393 e. The molecule has 0 aromatic carbocycles. The lowest BCUT2D eigenvalue weighted by atomic mass is 10.2. The van der Waals surface area contributed by atoms with E-state index in [1.165, 1.54) is 0 Å². The Morgan fingerprint density at radius 3 is 2.75 bits per heavy atom. The molecule has 0 aliphatic rings. The molecule has 0 saturated carbocycles. The molecule has 5 heteroatoms. The summed E-state index contributed by atoms with van der Waals surface area (Å²) in [7, 11) is 1.94. The van der Waals surface area contributed by atoms with E-state index in [2.05, 4.69) is 4.98 Å². The van der Waals surface area contributed by atoms with E-state index < -0.39 is 0 Å². The van der Waals surface area contributed by atoms with Gasteiger partial charge in [0.2, 0.25) is 0 Å². The summed E-state index contributed by atoms with van der Waals surface area (Å²) in [6.07, 6.45) is 2.09. The molecule has 1 aromatic rings. The largest absolute Gasteiger partial charge is 0.393 e. The van der Waals surface area contributed by atoms with Crippen LogP contribution in [0.4, 0.5) is 5.69 Å². The molecule has 0 radical (unpaired) electrons. The fourth-order valence-corrected chi connectivity index (χ4v) is 1.28. The highest BCUT2D eigenvalue weighted by Gasteiger charge is 2.04. The Hall–Kier alpha value is -1.62. The second-order valence-corrected chi connectivity index (χ2v) is 3.87. The van der Waals surface area contributed by atoms with Gasteiger partial charge < -0.3 is 15.7 Å². The van der Waals surface area contributed by atoms with Crippen LogP contribution in [0.1, 0.15) is 19.0 Å². The fourth-order valence-electron chi connectivity index (χ4n) is 1.28. The van der Waals surface area contributed by atoms with Gasteiger partial charge >= 0.3 is 0 Å². The number of anilines is 1. The second-order valence-electron chi connectivity index (χ2n) is 3.87. The van der Waals surface area contributed by atoms with Crippen LogP contribution in [0.5, 0.6) is 0 Å². The molecule has 1 atom stereocenters. The van der Waals surface area contributed by atoms with Gasteiger partial charge in [-0.15, -0.1) is 0 Å².